The minimum Gasteiger partial charge on any atom is -0.378 e. The van der Waals surface area contributed by atoms with Crippen molar-refractivity contribution in [2.24, 2.45) is 0 Å². The lowest BCUT2D eigenvalue weighted by Crippen LogP contribution is -2.40. The van der Waals surface area contributed by atoms with Gasteiger partial charge in [-0.25, -0.2) is 4.79 Å². The van der Waals surface area contributed by atoms with E-state index in [2.05, 4.69) is 9.97 Å². The Kier molecular flexibility index (Phi) is 6.12. The van der Waals surface area contributed by atoms with Crippen LogP contribution in [0.25, 0.3) is 0 Å². The zero-order valence-corrected chi connectivity index (χ0v) is 14.4. The molecule has 1 aliphatic heterocycles. The molecule has 136 valence electrons. The van der Waals surface area contributed by atoms with E-state index in [1.807, 2.05) is 11.8 Å². The molecule has 0 radical (unpaired) electrons. The van der Waals surface area contributed by atoms with E-state index in [1.54, 1.807) is 12.1 Å². The number of nitrogens with zero attached hydrogens (tertiary/aromatic N) is 1. The lowest BCUT2D eigenvalue weighted by Gasteiger charge is -2.27. The summed E-state index contributed by atoms with van der Waals surface area (Å²) in [6.45, 7) is 4.41. The van der Waals surface area contributed by atoms with Gasteiger partial charge in [0.15, 0.2) is 0 Å². The van der Waals surface area contributed by atoms with Crippen LogP contribution in [-0.4, -0.2) is 49.2 Å². The second-order valence-electron chi connectivity index (χ2n) is 5.34. The number of anilines is 1. The summed E-state index contributed by atoms with van der Waals surface area (Å²) >= 11 is 0. The van der Waals surface area contributed by atoms with Gasteiger partial charge in [-0.3, -0.25) is 14.3 Å². The average molecular weight is 369 g/mol. The largest absolute Gasteiger partial charge is 0.378 e. The SMILES string of the molecule is Cc1ccc(S(=O)(=O)O)cc1.O=c1[nH]cc(N2CCOCC2)c(=O)[nH]1. The molecule has 1 fully saturated rings. The van der Waals surface area contributed by atoms with E-state index in [-0.39, 0.29) is 10.5 Å². The number of morpholine rings is 1. The third-order valence-electron chi connectivity index (χ3n) is 3.47. The van der Waals surface area contributed by atoms with Crippen molar-refractivity contribution >= 4 is 15.8 Å². The minimum absolute atomic E-state index is 0.0666. The molecule has 1 aromatic carbocycles. The number of aryl methyl sites for hydroxylation is 1. The highest BCUT2D eigenvalue weighted by atomic mass is 32.2. The molecule has 0 spiro atoms. The smallest absolute Gasteiger partial charge is 0.325 e. The predicted octanol–water partition coefficient (Wildman–Crippen LogP) is 0.142. The third-order valence-corrected chi connectivity index (χ3v) is 4.34. The highest BCUT2D eigenvalue weighted by molar-refractivity contribution is 7.85. The van der Waals surface area contributed by atoms with Crippen LogP contribution in [0.15, 0.2) is 44.9 Å². The first-order chi connectivity index (χ1) is 11.8. The lowest BCUT2D eigenvalue weighted by atomic mass is 10.2. The fourth-order valence-electron chi connectivity index (χ4n) is 2.15. The molecule has 9 nitrogen and oxygen atoms in total. The molecule has 1 saturated heterocycles. The van der Waals surface area contributed by atoms with E-state index in [0.717, 1.165) is 5.56 Å². The van der Waals surface area contributed by atoms with Gasteiger partial charge in [0.05, 0.1) is 18.1 Å². The summed E-state index contributed by atoms with van der Waals surface area (Å²) in [4.78, 5) is 28.6. The van der Waals surface area contributed by atoms with Crippen molar-refractivity contribution in [1.29, 1.82) is 0 Å². The average Bonchev–Trinajstić information content (AvgIpc) is 2.56. The van der Waals surface area contributed by atoms with Crippen molar-refractivity contribution in [3.8, 4) is 0 Å². The molecular formula is C15H19N3O6S. The summed E-state index contributed by atoms with van der Waals surface area (Å²) in [5.74, 6) is 0. The molecule has 1 aliphatic rings. The van der Waals surface area contributed by atoms with Crippen molar-refractivity contribution in [2.45, 2.75) is 11.8 Å². The van der Waals surface area contributed by atoms with Gasteiger partial charge in [-0.15, -0.1) is 0 Å². The first-order valence-corrected chi connectivity index (χ1v) is 8.90. The minimum atomic E-state index is -4.02. The Morgan fingerprint density at radius 3 is 2.24 bits per heavy atom. The predicted molar refractivity (Wildman–Crippen MR) is 91.7 cm³/mol. The number of hydrogen-bond donors (Lipinski definition) is 3. The zero-order chi connectivity index (χ0) is 18.4. The zero-order valence-electron chi connectivity index (χ0n) is 13.6. The van der Waals surface area contributed by atoms with Crippen molar-refractivity contribution in [1.82, 2.24) is 9.97 Å². The Morgan fingerprint density at radius 1 is 1.12 bits per heavy atom. The van der Waals surface area contributed by atoms with Gasteiger partial charge in [0.2, 0.25) is 0 Å². The van der Waals surface area contributed by atoms with Crippen LogP contribution in [0.4, 0.5) is 5.69 Å². The van der Waals surface area contributed by atoms with Gasteiger partial charge in [-0.2, -0.15) is 8.42 Å². The maximum absolute atomic E-state index is 11.4. The van der Waals surface area contributed by atoms with Crippen molar-refractivity contribution in [3.05, 3.63) is 56.9 Å². The Bertz CT molecular complexity index is 911. The Balaban J connectivity index is 0.000000186. The Hall–Kier alpha value is -2.43. The summed E-state index contributed by atoms with van der Waals surface area (Å²) in [5.41, 5.74) is 0.618. The summed E-state index contributed by atoms with van der Waals surface area (Å²) in [5, 5.41) is 0. The van der Waals surface area contributed by atoms with Gasteiger partial charge >= 0.3 is 5.69 Å². The number of aromatic nitrogens is 2. The molecular weight excluding hydrogens is 350 g/mol. The van der Waals surface area contributed by atoms with E-state index in [1.165, 1.54) is 18.3 Å². The van der Waals surface area contributed by atoms with E-state index in [4.69, 9.17) is 9.29 Å². The molecule has 0 aliphatic carbocycles. The number of ether oxygens (including phenoxy) is 1. The number of rotatable bonds is 2. The maximum atomic E-state index is 11.4. The first-order valence-electron chi connectivity index (χ1n) is 7.46. The van der Waals surface area contributed by atoms with Gasteiger partial charge in [0.25, 0.3) is 15.7 Å². The van der Waals surface area contributed by atoms with Crippen molar-refractivity contribution in [2.75, 3.05) is 31.2 Å². The van der Waals surface area contributed by atoms with Gasteiger partial charge < -0.3 is 14.6 Å². The first kappa shape index (κ1) is 18.9. The fraction of sp³-hybridized carbons (Fsp3) is 0.333. The highest BCUT2D eigenvalue weighted by Gasteiger charge is 2.14. The Labute approximate surface area is 144 Å². The van der Waals surface area contributed by atoms with Gasteiger partial charge in [-0.1, -0.05) is 17.7 Å². The molecule has 3 N–H and O–H groups in total. The molecule has 1 aromatic heterocycles. The van der Waals surface area contributed by atoms with Crippen molar-refractivity contribution in [3.63, 3.8) is 0 Å². The molecule has 25 heavy (non-hydrogen) atoms. The van der Waals surface area contributed by atoms with E-state index < -0.39 is 15.8 Å². The lowest BCUT2D eigenvalue weighted by molar-refractivity contribution is 0.122. The Morgan fingerprint density at radius 2 is 1.72 bits per heavy atom. The summed E-state index contributed by atoms with van der Waals surface area (Å²) in [6.07, 6.45) is 1.44. The van der Waals surface area contributed by atoms with Crippen LogP contribution in [0.3, 0.4) is 0 Å². The van der Waals surface area contributed by atoms with Gasteiger partial charge in [-0.05, 0) is 19.1 Å². The number of hydrogen-bond acceptors (Lipinski definition) is 6. The number of aromatic amines is 2. The summed E-state index contributed by atoms with van der Waals surface area (Å²) in [7, 11) is -4.02. The second-order valence-corrected chi connectivity index (χ2v) is 6.77. The molecule has 2 heterocycles. The van der Waals surface area contributed by atoms with Crippen LogP contribution in [0.2, 0.25) is 0 Å². The van der Waals surface area contributed by atoms with E-state index in [0.29, 0.717) is 32.0 Å². The second kappa shape index (κ2) is 8.10. The molecule has 0 saturated carbocycles. The molecule has 0 unspecified atom stereocenters. The maximum Gasteiger partial charge on any atom is 0.325 e. The summed E-state index contributed by atoms with van der Waals surface area (Å²) < 4.78 is 34.7. The molecule has 3 rings (SSSR count). The highest BCUT2D eigenvalue weighted by Crippen LogP contribution is 2.08. The third kappa shape index (κ3) is 5.55. The van der Waals surface area contributed by atoms with Crippen LogP contribution >= 0.6 is 0 Å². The van der Waals surface area contributed by atoms with E-state index >= 15 is 0 Å². The number of nitrogens with one attached hydrogen (secondary N) is 2. The van der Waals surface area contributed by atoms with Crippen LogP contribution in [0, 0.1) is 6.92 Å². The van der Waals surface area contributed by atoms with E-state index in [9.17, 15) is 18.0 Å². The van der Waals surface area contributed by atoms with Gasteiger partial charge in [0, 0.05) is 19.3 Å². The number of benzene rings is 1. The monoisotopic (exact) mass is 369 g/mol. The van der Waals surface area contributed by atoms with Gasteiger partial charge in [0.1, 0.15) is 5.69 Å². The summed E-state index contributed by atoms with van der Waals surface area (Å²) in [6, 6.07) is 5.99. The topological polar surface area (TPSA) is 133 Å². The normalized spacial score (nSPS) is 14.6. The molecule has 0 bridgehead atoms. The fourth-order valence-corrected chi connectivity index (χ4v) is 2.63. The molecule has 0 atom stereocenters. The van der Waals surface area contributed by atoms with Crippen LogP contribution in [-0.2, 0) is 14.9 Å². The van der Waals surface area contributed by atoms with Crippen molar-refractivity contribution < 1.29 is 17.7 Å². The molecule has 10 heteroatoms. The number of H-pyrrole nitrogens is 2. The quantitative estimate of drug-likeness (QED) is 0.641. The van der Waals surface area contributed by atoms with Crippen LogP contribution < -0.4 is 16.1 Å². The van der Waals surface area contributed by atoms with Crippen LogP contribution in [0.5, 0.6) is 0 Å². The molecule has 2 aromatic rings. The molecule has 0 amide bonds. The standard InChI is InChI=1S/C8H11N3O3.C7H8O3S/c12-7-6(5-9-8(13)10-7)11-1-3-14-4-2-11;1-6-2-4-7(5-3-6)11(8,9)10/h5H,1-4H2,(H2,9,10,12,13);2-5H,1H3,(H,8,9,10). The van der Waals surface area contributed by atoms with Crippen LogP contribution in [0.1, 0.15) is 5.56 Å².